The van der Waals surface area contributed by atoms with Crippen molar-refractivity contribution in [2.24, 2.45) is 17.8 Å². The van der Waals surface area contributed by atoms with Gasteiger partial charge in [0.15, 0.2) is 0 Å². The van der Waals surface area contributed by atoms with Crippen LogP contribution in [0.3, 0.4) is 0 Å². The number of aliphatic carboxylic acids is 1. The molecule has 0 aliphatic carbocycles. The van der Waals surface area contributed by atoms with Crippen LogP contribution in [-0.4, -0.2) is 60.6 Å². The molecule has 0 bridgehead atoms. The summed E-state index contributed by atoms with van der Waals surface area (Å²) < 4.78 is 4.55. The van der Waals surface area contributed by atoms with Gasteiger partial charge < -0.3 is 20.5 Å². The van der Waals surface area contributed by atoms with Crippen molar-refractivity contribution in [1.29, 1.82) is 0 Å². The van der Waals surface area contributed by atoms with Crippen LogP contribution >= 0.6 is 11.8 Å². The van der Waals surface area contributed by atoms with Crippen molar-refractivity contribution in [3.63, 3.8) is 0 Å². The van der Waals surface area contributed by atoms with Crippen LogP contribution in [0.15, 0.2) is 0 Å². The Morgan fingerprint density at radius 3 is 2.22 bits per heavy atom. The molecular weight excluding hydrogens is 372 g/mol. The number of likely N-dealkylation sites (N-methyl/N-ethyl adjacent to an activating group) is 1. The van der Waals surface area contributed by atoms with Gasteiger partial charge in [-0.1, -0.05) is 20.8 Å². The number of thioether (sulfide) groups is 1. The molecule has 0 fully saturated rings. The number of carbonyl (C=O) groups is 4. The number of amides is 2. The summed E-state index contributed by atoms with van der Waals surface area (Å²) in [6, 6.07) is -0.998. The van der Waals surface area contributed by atoms with Crippen molar-refractivity contribution in [3.8, 4) is 0 Å². The molecule has 3 N–H and O–H groups in total. The smallest absolute Gasteiger partial charge is 0.316 e. The molecule has 3 atom stereocenters. The van der Waals surface area contributed by atoms with Crippen LogP contribution in [0.25, 0.3) is 0 Å². The molecule has 0 aromatic rings. The SMILES string of the molecule is CCSC[C@H](CC(C)C)[C@H](C(=O)O)C(=O)N[C@@H](CCC(=O)OC)C(=O)NC. The zero-order valence-electron chi connectivity index (χ0n) is 16.7. The fourth-order valence-corrected chi connectivity index (χ4v) is 3.64. The molecule has 0 saturated heterocycles. The third kappa shape index (κ3) is 9.65. The van der Waals surface area contributed by atoms with Crippen molar-refractivity contribution in [2.45, 2.75) is 46.1 Å². The Labute approximate surface area is 165 Å². The fraction of sp³-hybridized carbons (Fsp3) is 0.778. The molecule has 0 aliphatic heterocycles. The van der Waals surface area contributed by atoms with Crippen LogP contribution < -0.4 is 10.6 Å². The van der Waals surface area contributed by atoms with E-state index in [0.29, 0.717) is 12.2 Å². The number of carboxylic acids is 1. The van der Waals surface area contributed by atoms with Crippen LogP contribution in [0, 0.1) is 17.8 Å². The molecule has 0 aliphatic rings. The summed E-state index contributed by atoms with van der Waals surface area (Å²) in [6.07, 6.45) is 0.556. The second kappa shape index (κ2) is 13.4. The van der Waals surface area contributed by atoms with Crippen LogP contribution in [0.5, 0.6) is 0 Å². The number of carbonyl (C=O) groups excluding carboxylic acids is 3. The molecule has 8 nitrogen and oxygen atoms in total. The van der Waals surface area contributed by atoms with Gasteiger partial charge in [-0.05, 0) is 36.2 Å². The molecule has 2 amide bonds. The topological polar surface area (TPSA) is 122 Å². The molecule has 0 spiro atoms. The largest absolute Gasteiger partial charge is 0.481 e. The molecule has 156 valence electrons. The van der Waals surface area contributed by atoms with E-state index in [4.69, 9.17) is 0 Å². The Morgan fingerprint density at radius 1 is 1.15 bits per heavy atom. The van der Waals surface area contributed by atoms with Gasteiger partial charge in [-0.3, -0.25) is 19.2 Å². The lowest BCUT2D eigenvalue weighted by Crippen LogP contribution is -2.50. The van der Waals surface area contributed by atoms with E-state index in [9.17, 15) is 24.3 Å². The zero-order chi connectivity index (χ0) is 21.0. The summed E-state index contributed by atoms with van der Waals surface area (Å²) in [5.41, 5.74) is 0. The maximum absolute atomic E-state index is 12.7. The Bertz CT molecular complexity index is 512. The van der Waals surface area contributed by atoms with Gasteiger partial charge in [-0.15, -0.1) is 0 Å². The van der Waals surface area contributed by atoms with Gasteiger partial charge in [0, 0.05) is 13.5 Å². The van der Waals surface area contributed by atoms with Gasteiger partial charge in [0.05, 0.1) is 7.11 Å². The van der Waals surface area contributed by atoms with Gasteiger partial charge in [0.25, 0.3) is 0 Å². The standard InChI is InChI=1S/C18H32N2O6S/c1-6-27-10-12(9-11(2)3)15(18(24)25)17(23)20-13(16(22)19-4)7-8-14(21)26-5/h11-13,15H,6-10H2,1-5H3,(H,19,22)(H,20,23)(H,24,25)/t12-,13-,15-/m0/s1. The molecule has 0 aromatic carbocycles. The third-order valence-corrected chi connectivity index (χ3v) is 5.15. The van der Waals surface area contributed by atoms with Crippen molar-refractivity contribution in [3.05, 3.63) is 0 Å². The normalized spacial score (nSPS) is 14.1. The lowest BCUT2D eigenvalue weighted by molar-refractivity contribution is -0.150. The molecular formula is C18H32N2O6S. The molecule has 0 saturated carbocycles. The van der Waals surface area contributed by atoms with E-state index >= 15 is 0 Å². The Balaban J connectivity index is 5.34. The maximum atomic E-state index is 12.7. The fourth-order valence-electron chi connectivity index (χ4n) is 2.77. The van der Waals surface area contributed by atoms with Crippen molar-refractivity contribution >= 4 is 35.5 Å². The first kappa shape index (κ1) is 25.2. The minimum absolute atomic E-state index is 0.0307. The van der Waals surface area contributed by atoms with Crippen LogP contribution in [0.1, 0.15) is 40.0 Å². The van der Waals surface area contributed by atoms with Crippen molar-refractivity contribution in [1.82, 2.24) is 10.6 Å². The first-order valence-electron chi connectivity index (χ1n) is 9.07. The number of nitrogens with one attached hydrogen (secondary N) is 2. The van der Waals surface area contributed by atoms with E-state index in [1.165, 1.54) is 14.2 Å². The summed E-state index contributed by atoms with van der Waals surface area (Å²) >= 11 is 1.58. The van der Waals surface area contributed by atoms with Crippen LogP contribution in [0.4, 0.5) is 0 Å². The second-order valence-corrected chi connectivity index (χ2v) is 7.97. The lowest BCUT2D eigenvalue weighted by atomic mass is 9.86. The number of carboxylic acid groups (broad SMARTS) is 1. The quantitative estimate of drug-likeness (QED) is 0.312. The highest BCUT2D eigenvalue weighted by atomic mass is 32.2. The summed E-state index contributed by atoms with van der Waals surface area (Å²) in [6.45, 7) is 5.93. The molecule has 0 rings (SSSR count). The van der Waals surface area contributed by atoms with Crippen LogP contribution in [-0.2, 0) is 23.9 Å². The van der Waals surface area contributed by atoms with Crippen LogP contribution in [0.2, 0.25) is 0 Å². The van der Waals surface area contributed by atoms with E-state index in [1.54, 1.807) is 11.8 Å². The zero-order valence-corrected chi connectivity index (χ0v) is 17.6. The van der Waals surface area contributed by atoms with Crippen molar-refractivity contribution < 1.29 is 29.0 Å². The molecule has 27 heavy (non-hydrogen) atoms. The van der Waals surface area contributed by atoms with Gasteiger partial charge in [-0.2, -0.15) is 11.8 Å². The highest BCUT2D eigenvalue weighted by Gasteiger charge is 2.36. The first-order valence-corrected chi connectivity index (χ1v) is 10.2. The van der Waals surface area contributed by atoms with Crippen molar-refractivity contribution in [2.75, 3.05) is 25.7 Å². The molecule has 0 heterocycles. The number of esters is 1. The number of hydrogen-bond acceptors (Lipinski definition) is 6. The third-order valence-electron chi connectivity index (χ3n) is 4.07. The van der Waals surface area contributed by atoms with E-state index in [-0.39, 0.29) is 24.7 Å². The lowest BCUT2D eigenvalue weighted by Gasteiger charge is -2.26. The van der Waals surface area contributed by atoms with Gasteiger partial charge in [-0.25, -0.2) is 0 Å². The van der Waals surface area contributed by atoms with E-state index < -0.39 is 35.7 Å². The maximum Gasteiger partial charge on any atom is 0.316 e. The average Bonchev–Trinajstić information content (AvgIpc) is 2.61. The predicted molar refractivity (Wildman–Crippen MR) is 104 cm³/mol. The molecule has 0 unspecified atom stereocenters. The second-order valence-electron chi connectivity index (χ2n) is 6.66. The molecule has 0 radical (unpaired) electrons. The number of rotatable bonds is 13. The predicted octanol–water partition coefficient (Wildman–Crippen LogP) is 1.29. The Kier molecular flexibility index (Phi) is 12.5. The van der Waals surface area contributed by atoms with Gasteiger partial charge in [0.1, 0.15) is 12.0 Å². The van der Waals surface area contributed by atoms with E-state index in [2.05, 4.69) is 15.4 Å². The Morgan fingerprint density at radius 2 is 1.78 bits per heavy atom. The van der Waals surface area contributed by atoms with Gasteiger partial charge in [0.2, 0.25) is 11.8 Å². The Hall–Kier alpha value is -1.77. The first-order chi connectivity index (χ1) is 12.7. The minimum atomic E-state index is -1.25. The van der Waals surface area contributed by atoms with E-state index in [0.717, 1.165) is 5.75 Å². The van der Waals surface area contributed by atoms with Gasteiger partial charge >= 0.3 is 11.9 Å². The number of ether oxygens (including phenoxy) is 1. The highest BCUT2D eigenvalue weighted by Crippen LogP contribution is 2.26. The monoisotopic (exact) mass is 404 g/mol. The molecule has 0 aromatic heterocycles. The summed E-state index contributed by atoms with van der Waals surface area (Å²) in [5.74, 6) is -2.91. The summed E-state index contributed by atoms with van der Waals surface area (Å²) in [5, 5.41) is 14.6. The highest BCUT2D eigenvalue weighted by molar-refractivity contribution is 7.99. The molecule has 9 heteroatoms. The summed E-state index contributed by atoms with van der Waals surface area (Å²) in [4.78, 5) is 47.9. The van der Waals surface area contributed by atoms with E-state index in [1.807, 2.05) is 20.8 Å². The number of hydrogen-bond donors (Lipinski definition) is 3. The number of methoxy groups -OCH3 is 1. The minimum Gasteiger partial charge on any atom is -0.481 e. The summed E-state index contributed by atoms with van der Waals surface area (Å²) in [7, 11) is 2.64. The average molecular weight is 405 g/mol.